The van der Waals surface area contributed by atoms with Crippen molar-refractivity contribution in [1.82, 2.24) is 5.32 Å². The fourth-order valence-electron chi connectivity index (χ4n) is 2.34. The largest absolute Gasteiger partial charge is 0.306 e. The average Bonchev–Trinajstić information content (AvgIpc) is 2.43. The zero-order valence-electron chi connectivity index (χ0n) is 11.7. The number of hydrogen-bond donors (Lipinski definition) is 1. The molecular formula is C16H15Br2F2N. The molecule has 0 saturated heterocycles. The summed E-state index contributed by atoms with van der Waals surface area (Å²) in [5.41, 5.74) is 1.86. The zero-order valence-corrected chi connectivity index (χ0v) is 14.9. The first kappa shape index (κ1) is 16.6. The van der Waals surface area contributed by atoms with Gasteiger partial charge in [0.1, 0.15) is 11.6 Å². The van der Waals surface area contributed by atoms with Crippen LogP contribution < -0.4 is 5.32 Å². The lowest BCUT2D eigenvalue weighted by atomic mass is 9.94. The molecule has 1 N–H and O–H groups in total. The molecule has 0 aliphatic rings. The first-order valence-corrected chi connectivity index (χ1v) is 8.17. The molecule has 0 saturated carbocycles. The Hall–Kier alpha value is -0.780. The minimum atomic E-state index is -0.566. The number of hydrogen-bond acceptors (Lipinski definition) is 1. The van der Waals surface area contributed by atoms with Gasteiger partial charge in [0.15, 0.2) is 0 Å². The van der Waals surface area contributed by atoms with Crippen molar-refractivity contribution < 1.29 is 8.78 Å². The molecule has 0 radical (unpaired) electrons. The molecule has 0 aromatic heterocycles. The summed E-state index contributed by atoms with van der Waals surface area (Å²) in [6, 6.07) is 7.83. The smallest absolute Gasteiger partial charge is 0.145 e. The van der Waals surface area contributed by atoms with E-state index in [-0.39, 0.29) is 10.0 Å². The molecule has 2 aromatic rings. The van der Waals surface area contributed by atoms with Crippen LogP contribution in [0.2, 0.25) is 0 Å². The van der Waals surface area contributed by atoms with Crippen molar-refractivity contribution in [3.63, 3.8) is 0 Å². The van der Waals surface area contributed by atoms with Crippen LogP contribution in [-0.4, -0.2) is 6.54 Å². The van der Waals surface area contributed by atoms with Crippen molar-refractivity contribution in [2.75, 3.05) is 6.54 Å². The van der Waals surface area contributed by atoms with Crippen LogP contribution in [0.4, 0.5) is 8.78 Å². The van der Waals surface area contributed by atoms with E-state index >= 15 is 0 Å². The van der Waals surface area contributed by atoms with Crippen LogP contribution in [0.5, 0.6) is 0 Å². The molecule has 5 heteroatoms. The number of rotatable bonds is 4. The van der Waals surface area contributed by atoms with Crippen LogP contribution >= 0.6 is 31.9 Å². The van der Waals surface area contributed by atoms with E-state index in [1.165, 1.54) is 12.1 Å². The van der Waals surface area contributed by atoms with Gasteiger partial charge in [-0.15, -0.1) is 0 Å². The predicted octanol–water partition coefficient (Wildman–Crippen LogP) is 5.50. The zero-order chi connectivity index (χ0) is 15.6. The Kier molecular flexibility index (Phi) is 5.52. The average molecular weight is 419 g/mol. The monoisotopic (exact) mass is 417 g/mol. The molecule has 0 bridgehead atoms. The Balaban J connectivity index is 2.61. The van der Waals surface area contributed by atoms with Gasteiger partial charge in [0.2, 0.25) is 0 Å². The molecule has 0 fully saturated rings. The van der Waals surface area contributed by atoms with E-state index in [0.717, 1.165) is 15.6 Å². The van der Waals surface area contributed by atoms with Crippen LogP contribution in [0.25, 0.3) is 0 Å². The second-order valence-corrected chi connectivity index (χ2v) is 6.52. The molecule has 0 heterocycles. The Morgan fingerprint density at radius 1 is 1.14 bits per heavy atom. The highest BCUT2D eigenvalue weighted by molar-refractivity contribution is 9.10. The maximum atomic E-state index is 14.4. The van der Waals surface area contributed by atoms with Gasteiger partial charge >= 0.3 is 0 Å². The normalized spacial score (nSPS) is 12.5. The SMILES string of the molecule is CCNC(c1ccc(Br)cc1C)c1c(F)ccc(Br)c1F. The van der Waals surface area contributed by atoms with Crippen molar-refractivity contribution in [2.24, 2.45) is 0 Å². The second kappa shape index (κ2) is 6.99. The highest BCUT2D eigenvalue weighted by atomic mass is 79.9. The van der Waals surface area contributed by atoms with E-state index in [0.29, 0.717) is 6.54 Å². The molecule has 112 valence electrons. The topological polar surface area (TPSA) is 12.0 Å². The van der Waals surface area contributed by atoms with Gasteiger partial charge < -0.3 is 5.32 Å². The third kappa shape index (κ3) is 3.52. The van der Waals surface area contributed by atoms with Gasteiger partial charge in [0, 0.05) is 10.0 Å². The molecule has 2 aromatic carbocycles. The highest BCUT2D eigenvalue weighted by Gasteiger charge is 2.24. The van der Waals surface area contributed by atoms with Crippen LogP contribution in [-0.2, 0) is 0 Å². The van der Waals surface area contributed by atoms with E-state index in [1.54, 1.807) is 0 Å². The molecule has 1 nitrogen and oxygen atoms in total. The number of aryl methyl sites for hydroxylation is 1. The lowest BCUT2D eigenvalue weighted by Gasteiger charge is -2.22. The molecule has 1 unspecified atom stereocenters. The third-order valence-electron chi connectivity index (χ3n) is 3.32. The Morgan fingerprint density at radius 2 is 1.86 bits per heavy atom. The van der Waals surface area contributed by atoms with Gasteiger partial charge in [-0.05, 0) is 64.8 Å². The molecule has 0 amide bonds. The van der Waals surface area contributed by atoms with Gasteiger partial charge in [-0.25, -0.2) is 8.78 Å². The summed E-state index contributed by atoms with van der Waals surface area (Å²) in [7, 11) is 0. The van der Waals surface area contributed by atoms with E-state index in [2.05, 4.69) is 37.2 Å². The van der Waals surface area contributed by atoms with Gasteiger partial charge in [0.05, 0.1) is 10.5 Å². The predicted molar refractivity (Wildman–Crippen MR) is 88.5 cm³/mol. The summed E-state index contributed by atoms with van der Waals surface area (Å²) in [6.45, 7) is 4.44. The van der Waals surface area contributed by atoms with Crippen molar-refractivity contribution in [3.8, 4) is 0 Å². The quantitative estimate of drug-likeness (QED) is 0.646. The Labute approximate surface area is 140 Å². The van der Waals surface area contributed by atoms with Crippen molar-refractivity contribution in [2.45, 2.75) is 19.9 Å². The van der Waals surface area contributed by atoms with E-state index in [4.69, 9.17) is 0 Å². The minimum Gasteiger partial charge on any atom is -0.306 e. The van der Waals surface area contributed by atoms with Crippen LogP contribution in [0.3, 0.4) is 0 Å². The fraction of sp³-hybridized carbons (Fsp3) is 0.250. The summed E-state index contributed by atoms with van der Waals surface area (Å²) < 4.78 is 29.8. The van der Waals surface area contributed by atoms with E-state index < -0.39 is 17.7 Å². The second-order valence-electron chi connectivity index (χ2n) is 4.75. The van der Waals surface area contributed by atoms with Crippen LogP contribution in [0.15, 0.2) is 39.3 Å². The number of halogens is 4. The number of benzene rings is 2. The van der Waals surface area contributed by atoms with Crippen molar-refractivity contribution in [3.05, 3.63) is 67.6 Å². The highest BCUT2D eigenvalue weighted by Crippen LogP contribution is 2.33. The van der Waals surface area contributed by atoms with Crippen molar-refractivity contribution in [1.29, 1.82) is 0 Å². The summed E-state index contributed by atoms with van der Waals surface area (Å²) in [5, 5.41) is 3.17. The van der Waals surface area contributed by atoms with Crippen LogP contribution in [0.1, 0.15) is 29.7 Å². The van der Waals surface area contributed by atoms with Crippen molar-refractivity contribution >= 4 is 31.9 Å². The summed E-state index contributed by atoms with van der Waals surface area (Å²) >= 11 is 6.53. The molecule has 2 rings (SSSR count). The van der Waals surface area contributed by atoms with E-state index in [1.807, 2.05) is 32.0 Å². The number of nitrogens with one attached hydrogen (secondary N) is 1. The molecule has 21 heavy (non-hydrogen) atoms. The summed E-state index contributed by atoms with van der Waals surface area (Å²) in [6.07, 6.45) is 0. The lowest BCUT2D eigenvalue weighted by Crippen LogP contribution is -2.25. The first-order chi connectivity index (χ1) is 9.95. The standard InChI is InChI=1S/C16H15Br2F2N/c1-3-21-16(11-5-4-10(17)8-9(11)2)14-13(19)7-6-12(18)15(14)20/h4-8,16,21H,3H2,1-2H3. The van der Waals surface area contributed by atoms with Gasteiger partial charge in [0.25, 0.3) is 0 Å². The maximum Gasteiger partial charge on any atom is 0.145 e. The molecule has 0 aliphatic heterocycles. The molecule has 1 atom stereocenters. The Bertz CT molecular complexity index is 659. The van der Waals surface area contributed by atoms with Crippen LogP contribution in [0, 0.1) is 18.6 Å². The Morgan fingerprint density at radius 3 is 2.48 bits per heavy atom. The summed E-state index contributed by atoms with van der Waals surface area (Å²) in [4.78, 5) is 0. The molecule has 0 aliphatic carbocycles. The molecule has 0 spiro atoms. The van der Waals surface area contributed by atoms with Gasteiger partial charge in [-0.3, -0.25) is 0 Å². The molecular weight excluding hydrogens is 404 g/mol. The van der Waals surface area contributed by atoms with Gasteiger partial charge in [-0.1, -0.05) is 28.9 Å². The lowest BCUT2D eigenvalue weighted by molar-refractivity contribution is 0.506. The van der Waals surface area contributed by atoms with Gasteiger partial charge in [-0.2, -0.15) is 0 Å². The first-order valence-electron chi connectivity index (χ1n) is 6.58. The third-order valence-corrected chi connectivity index (χ3v) is 4.42. The minimum absolute atomic E-state index is 0.0386. The fourth-order valence-corrected chi connectivity index (χ4v) is 3.16. The summed E-state index contributed by atoms with van der Waals surface area (Å²) in [5.74, 6) is -1.12. The van der Waals surface area contributed by atoms with E-state index in [9.17, 15) is 8.78 Å². The maximum absolute atomic E-state index is 14.4.